The number of rotatable bonds is 1. The number of piperidine rings is 1. The minimum absolute atomic E-state index is 0.190. The molecule has 1 aliphatic rings. The third kappa shape index (κ3) is 2.40. The van der Waals surface area contributed by atoms with Gasteiger partial charge in [-0.05, 0) is 46.8 Å². The van der Waals surface area contributed by atoms with Gasteiger partial charge in [-0.25, -0.2) is 4.98 Å². The van der Waals surface area contributed by atoms with Crippen LogP contribution in [-0.4, -0.2) is 22.6 Å². The van der Waals surface area contributed by atoms with Crippen molar-refractivity contribution in [1.82, 2.24) is 9.55 Å². The van der Waals surface area contributed by atoms with Crippen LogP contribution in [0.3, 0.4) is 0 Å². The third-order valence-corrected chi connectivity index (χ3v) is 4.71. The number of halogens is 1. The van der Waals surface area contributed by atoms with Crippen molar-refractivity contribution in [3.63, 3.8) is 0 Å². The highest BCUT2D eigenvalue weighted by atomic mass is 79.9. The van der Waals surface area contributed by atoms with E-state index in [1.54, 1.807) is 7.05 Å². The van der Waals surface area contributed by atoms with Gasteiger partial charge in [0.25, 0.3) is 5.56 Å². The molecule has 1 unspecified atom stereocenters. The van der Waals surface area contributed by atoms with Gasteiger partial charge in [-0.3, -0.25) is 4.79 Å². The number of fused-ring (bicyclic) bond motifs is 1. The average molecular weight is 361 g/mol. The molecule has 2 aromatic heterocycles. The summed E-state index contributed by atoms with van der Waals surface area (Å²) in [6.07, 6.45) is 2.25. The molecule has 3 rings (SSSR count). The van der Waals surface area contributed by atoms with Gasteiger partial charge in [0.05, 0.1) is 11.2 Å². The summed E-state index contributed by atoms with van der Waals surface area (Å²) in [5, 5.41) is 9.52. The summed E-state index contributed by atoms with van der Waals surface area (Å²) >= 11 is 3.39. The fraction of sp³-hybridized carbons (Fsp3) is 0.438. The molecule has 0 amide bonds. The molecule has 5 nitrogen and oxygen atoms in total. The average Bonchev–Trinajstić information content (AvgIpc) is 2.50. The lowest BCUT2D eigenvalue weighted by atomic mass is 9.98. The van der Waals surface area contributed by atoms with Crippen LogP contribution >= 0.6 is 15.9 Å². The third-order valence-electron chi connectivity index (χ3n) is 4.27. The molecule has 114 valence electrons. The van der Waals surface area contributed by atoms with Crippen molar-refractivity contribution in [3.8, 4) is 6.07 Å². The van der Waals surface area contributed by atoms with Crippen LogP contribution < -0.4 is 10.5 Å². The molecule has 0 aromatic carbocycles. The van der Waals surface area contributed by atoms with E-state index in [1.165, 1.54) is 11.0 Å². The second kappa shape index (κ2) is 5.73. The molecule has 0 saturated carbocycles. The molecule has 0 aliphatic carbocycles. The van der Waals surface area contributed by atoms with E-state index in [-0.39, 0.29) is 11.1 Å². The maximum atomic E-state index is 12.5. The Morgan fingerprint density at radius 1 is 1.45 bits per heavy atom. The van der Waals surface area contributed by atoms with Crippen LogP contribution in [0.4, 0.5) is 5.69 Å². The number of pyridine rings is 2. The lowest BCUT2D eigenvalue weighted by molar-refractivity contribution is 0.447. The largest absolute Gasteiger partial charge is 0.368 e. The van der Waals surface area contributed by atoms with Crippen molar-refractivity contribution in [3.05, 3.63) is 32.7 Å². The van der Waals surface area contributed by atoms with Gasteiger partial charge in [-0.15, -0.1) is 0 Å². The Morgan fingerprint density at radius 2 is 2.23 bits per heavy atom. The van der Waals surface area contributed by atoms with E-state index in [0.717, 1.165) is 25.0 Å². The molecule has 0 radical (unpaired) electrons. The van der Waals surface area contributed by atoms with Crippen molar-refractivity contribution in [1.29, 1.82) is 5.26 Å². The Morgan fingerprint density at radius 3 is 2.91 bits per heavy atom. The number of hydrogen-bond donors (Lipinski definition) is 0. The second-order valence-corrected chi connectivity index (χ2v) is 6.71. The SMILES string of the molecule is CC1CCCN(c2c(C#N)c(=O)n(C)c3ccc(Br)nc23)C1. The molecular formula is C16H17BrN4O. The van der Waals surface area contributed by atoms with E-state index < -0.39 is 0 Å². The summed E-state index contributed by atoms with van der Waals surface area (Å²) in [4.78, 5) is 19.2. The van der Waals surface area contributed by atoms with Crippen LogP contribution in [0.5, 0.6) is 0 Å². The van der Waals surface area contributed by atoms with Gasteiger partial charge in [-0.2, -0.15) is 5.26 Å². The Kier molecular flexibility index (Phi) is 3.92. The zero-order valence-electron chi connectivity index (χ0n) is 12.6. The first-order chi connectivity index (χ1) is 10.5. The summed E-state index contributed by atoms with van der Waals surface area (Å²) < 4.78 is 2.21. The number of hydrogen-bond acceptors (Lipinski definition) is 4. The molecule has 1 atom stereocenters. The maximum Gasteiger partial charge on any atom is 0.270 e. The highest BCUT2D eigenvalue weighted by Gasteiger charge is 2.25. The van der Waals surface area contributed by atoms with Crippen LogP contribution in [0, 0.1) is 17.2 Å². The van der Waals surface area contributed by atoms with Crippen molar-refractivity contribution in [2.45, 2.75) is 19.8 Å². The van der Waals surface area contributed by atoms with Gasteiger partial charge in [0.2, 0.25) is 0 Å². The number of nitriles is 1. The first-order valence-corrected chi connectivity index (χ1v) is 8.16. The van der Waals surface area contributed by atoms with Crippen molar-refractivity contribution in [2.75, 3.05) is 18.0 Å². The fourth-order valence-electron chi connectivity index (χ4n) is 3.17. The number of aryl methyl sites for hydroxylation is 1. The van der Waals surface area contributed by atoms with E-state index in [1.807, 2.05) is 12.1 Å². The van der Waals surface area contributed by atoms with E-state index in [2.05, 4.69) is 38.8 Å². The standard InChI is InChI=1S/C16H17BrN4O/c1-10-4-3-7-21(9-10)15-11(8-18)16(22)20(2)12-5-6-13(17)19-14(12)15/h5-6,10H,3-4,7,9H2,1-2H3. The summed E-state index contributed by atoms with van der Waals surface area (Å²) in [6.45, 7) is 3.91. The topological polar surface area (TPSA) is 61.9 Å². The normalized spacial score (nSPS) is 18.5. The van der Waals surface area contributed by atoms with Crippen molar-refractivity contribution in [2.24, 2.45) is 13.0 Å². The Balaban J connectivity index is 2.35. The Labute approximate surface area is 137 Å². The predicted molar refractivity (Wildman–Crippen MR) is 90.0 cm³/mol. The van der Waals surface area contributed by atoms with Gasteiger partial charge < -0.3 is 9.47 Å². The lowest BCUT2D eigenvalue weighted by Crippen LogP contribution is -2.37. The molecule has 3 heterocycles. The molecule has 1 saturated heterocycles. The molecule has 0 bridgehead atoms. The zero-order valence-corrected chi connectivity index (χ0v) is 14.2. The second-order valence-electron chi connectivity index (χ2n) is 5.89. The molecule has 0 N–H and O–H groups in total. The highest BCUT2D eigenvalue weighted by molar-refractivity contribution is 9.10. The first-order valence-electron chi connectivity index (χ1n) is 7.37. The number of nitrogens with zero attached hydrogens (tertiary/aromatic N) is 4. The predicted octanol–water partition coefficient (Wildman–Crippen LogP) is 2.80. The molecule has 0 spiro atoms. The van der Waals surface area contributed by atoms with E-state index in [0.29, 0.717) is 21.7 Å². The summed E-state index contributed by atoms with van der Waals surface area (Å²) in [7, 11) is 1.68. The monoisotopic (exact) mass is 360 g/mol. The van der Waals surface area contributed by atoms with E-state index >= 15 is 0 Å². The quantitative estimate of drug-likeness (QED) is 0.733. The van der Waals surface area contributed by atoms with Crippen molar-refractivity contribution >= 4 is 32.7 Å². The Hall–Kier alpha value is -1.87. The van der Waals surface area contributed by atoms with E-state index in [4.69, 9.17) is 0 Å². The summed E-state index contributed by atoms with van der Waals surface area (Å²) in [6, 6.07) is 5.78. The van der Waals surface area contributed by atoms with E-state index in [9.17, 15) is 10.1 Å². The number of aromatic nitrogens is 2. The Bertz CT molecular complexity index is 837. The highest BCUT2D eigenvalue weighted by Crippen LogP contribution is 2.31. The molecule has 1 aliphatic heterocycles. The van der Waals surface area contributed by atoms with Gasteiger partial charge in [0.1, 0.15) is 21.8 Å². The molecule has 22 heavy (non-hydrogen) atoms. The van der Waals surface area contributed by atoms with Crippen LogP contribution in [0.25, 0.3) is 11.0 Å². The smallest absolute Gasteiger partial charge is 0.270 e. The first kappa shape index (κ1) is 15.0. The van der Waals surface area contributed by atoms with Crippen molar-refractivity contribution < 1.29 is 0 Å². The fourth-order valence-corrected chi connectivity index (χ4v) is 3.48. The molecular weight excluding hydrogens is 344 g/mol. The van der Waals surface area contributed by atoms with Crippen LogP contribution in [-0.2, 0) is 7.05 Å². The van der Waals surface area contributed by atoms with Gasteiger partial charge in [0.15, 0.2) is 0 Å². The van der Waals surface area contributed by atoms with Crippen LogP contribution in [0.1, 0.15) is 25.3 Å². The van der Waals surface area contributed by atoms with Gasteiger partial charge >= 0.3 is 0 Å². The molecule has 1 fully saturated rings. The van der Waals surface area contributed by atoms with Gasteiger partial charge in [-0.1, -0.05) is 6.92 Å². The lowest BCUT2D eigenvalue weighted by Gasteiger charge is -2.33. The minimum atomic E-state index is -0.257. The molecule has 6 heteroatoms. The zero-order chi connectivity index (χ0) is 15.9. The summed E-state index contributed by atoms with van der Waals surface area (Å²) in [5.74, 6) is 0.548. The molecule has 2 aromatic rings. The minimum Gasteiger partial charge on any atom is -0.368 e. The number of anilines is 1. The maximum absolute atomic E-state index is 12.5. The summed E-state index contributed by atoms with van der Waals surface area (Å²) in [5.41, 5.74) is 2.08. The van der Waals surface area contributed by atoms with Crippen LogP contribution in [0.2, 0.25) is 0 Å². The van der Waals surface area contributed by atoms with Crippen LogP contribution in [0.15, 0.2) is 21.5 Å². The van der Waals surface area contributed by atoms with Gasteiger partial charge in [0, 0.05) is 20.1 Å².